The van der Waals surface area contributed by atoms with E-state index >= 15 is 0 Å². The normalized spacial score (nSPS) is 11.1. The van der Waals surface area contributed by atoms with Crippen molar-refractivity contribution >= 4 is 16.8 Å². The second-order valence-corrected chi connectivity index (χ2v) is 7.27. The van der Waals surface area contributed by atoms with Crippen molar-refractivity contribution in [3.8, 4) is 5.75 Å². The minimum absolute atomic E-state index is 0.0418. The SMILES string of the molecule is CC.CC(=O)n1cc(CC[N+](C)(C)Cc2ccccc2)c2c(O)cccc21. The Hall–Kier alpha value is -2.59. The van der Waals surface area contributed by atoms with Crippen molar-refractivity contribution in [3.63, 3.8) is 0 Å². The van der Waals surface area contributed by atoms with E-state index in [0.29, 0.717) is 0 Å². The number of carbonyl (C=O) groups is 1. The fraction of sp³-hybridized carbons (Fsp3) is 0.348. The zero-order chi connectivity index (χ0) is 20.0. The number of quaternary nitrogens is 1. The van der Waals surface area contributed by atoms with Gasteiger partial charge in [0.2, 0.25) is 5.91 Å². The van der Waals surface area contributed by atoms with Gasteiger partial charge in [-0.2, -0.15) is 0 Å². The lowest BCUT2D eigenvalue weighted by Crippen LogP contribution is -2.40. The van der Waals surface area contributed by atoms with Gasteiger partial charge in [-0.1, -0.05) is 50.2 Å². The number of aromatic hydroxyl groups is 1. The number of fused-ring (bicyclic) bond motifs is 1. The minimum atomic E-state index is -0.0418. The van der Waals surface area contributed by atoms with Crippen LogP contribution >= 0.6 is 0 Å². The van der Waals surface area contributed by atoms with E-state index in [0.717, 1.165) is 40.5 Å². The van der Waals surface area contributed by atoms with E-state index < -0.39 is 0 Å². The molecule has 144 valence electrons. The van der Waals surface area contributed by atoms with Gasteiger partial charge >= 0.3 is 0 Å². The zero-order valence-corrected chi connectivity index (χ0v) is 17.1. The molecule has 0 bridgehead atoms. The van der Waals surface area contributed by atoms with Crippen LogP contribution in [-0.4, -0.2) is 40.7 Å². The Morgan fingerprint density at radius 1 is 1.04 bits per heavy atom. The van der Waals surface area contributed by atoms with E-state index in [1.165, 1.54) is 5.56 Å². The average molecular weight is 368 g/mol. The van der Waals surface area contributed by atoms with Crippen LogP contribution in [-0.2, 0) is 13.0 Å². The Labute approximate surface area is 162 Å². The molecular weight excluding hydrogens is 336 g/mol. The molecule has 0 aliphatic heterocycles. The van der Waals surface area contributed by atoms with E-state index in [2.05, 4.69) is 38.4 Å². The molecular formula is C23H31N2O2+. The first-order valence-electron chi connectivity index (χ1n) is 9.56. The monoisotopic (exact) mass is 367 g/mol. The number of hydrogen-bond donors (Lipinski definition) is 1. The van der Waals surface area contributed by atoms with Gasteiger partial charge in [-0.25, -0.2) is 0 Å². The molecule has 0 atom stereocenters. The van der Waals surface area contributed by atoms with Gasteiger partial charge in [0.15, 0.2) is 0 Å². The molecule has 3 rings (SSSR count). The van der Waals surface area contributed by atoms with Crippen molar-refractivity contribution in [1.29, 1.82) is 0 Å². The quantitative estimate of drug-likeness (QED) is 0.655. The van der Waals surface area contributed by atoms with Crippen molar-refractivity contribution in [2.45, 2.75) is 33.7 Å². The minimum Gasteiger partial charge on any atom is -0.507 e. The van der Waals surface area contributed by atoms with Gasteiger partial charge in [-0.15, -0.1) is 0 Å². The molecule has 0 spiro atoms. The molecule has 0 amide bonds. The summed E-state index contributed by atoms with van der Waals surface area (Å²) in [6.45, 7) is 7.40. The van der Waals surface area contributed by atoms with Crippen LogP contribution in [0.25, 0.3) is 10.9 Å². The summed E-state index contributed by atoms with van der Waals surface area (Å²) in [6, 6.07) is 15.8. The van der Waals surface area contributed by atoms with E-state index in [1.54, 1.807) is 23.6 Å². The molecule has 1 heterocycles. The van der Waals surface area contributed by atoms with Crippen LogP contribution in [0.4, 0.5) is 0 Å². The van der Waals surface area contributed by atoms with Gasteiger partial charge in [-0.3, -0.25) is 9.36 Å². The van der Waals surface area contributed by atoms with Gasteiger partial charge in [0.25, 0.3) is 0 Å². The molecule has 0 aliphatic carbocycles. The number of aromatic nitrogens is 1. The summed E-state index contributed by atoms with van der Waals surface area (Å²) < 4.78 is 2.46. The largest absolute Gasteiger partial charge is 0.507 e. The Balaban J connectivity index is 0.00000126. The topological polar surface area (TPSA) is 42.2 Å². The lowest BCUT2D eigenvalue weighted by atomic mass is 10.1. The first-order valence-corrected chi connectivity index (χ1v) is 9.56. The molecule has 27 heavy (non-hydrogen) atoms. The van der Waals surface area contributed by atoms with Crippen LogP contribution in [0.1, 0.15) is 36.7 Å². The average Bonchev–Trinajstić information content (AvgIpc) is 3.03. The maximum atomic E-state index is 11.9. The van der Waals surface area contributed by atoms with Crippen molar-refractivity contribution in [3.05, 3.63) is 65.9 Å². The Morgan fingerprint density at radius 2 is 1.70 bits per heavy atom. The van der Waals surface area contributed by atoms with Crippen LogP contribution in [0.2, 0.25) is 0 Å². The first-order chi connectivity index (χ1) is 12.9. The molecule has 2 aromatic carbocycles. The van der Waals surface area contributed by atoms with Crippen LogP contribution in [0.5, 0.6) is 5.75 Å². The highest BCUT2D eigenvalue weighted by molar-refractivity contribution is 5.96. The smallest absolute Gasteiger partial charge is 0.227 e. The number of phenols is 1. The molecule has 0 unspecified atom stereocenters. The summed E-state index contributed by atoms with van der Waals surface area (Å²) in [5, 5.41) is 11.1. The maximum Gasteiger partial charge on any atom is 0.227 e. The summed E-state index contributed by atoms with van der Waals surface area (Å²) in [6.07, 6.45) is 2.67. The van der Waals surface area contributed by atoms with Crippen molar-refractivity contribution in [2.24, 2.45) is 0 Å². The Morgan fingerprint density at radius 3 is 2.33 bits per heavy atom. The summed E-state index contributed by atoms with van der Waals surface area (Å²) in [4.78, 5) is 11.9. The van der Waals surface area contributed by atoms with Crippen LogP contribution in [0.3, 0.4) is 0 Å². The maximum absolute atomic E-state index is 11.9. The predicted molar refractivity (Wildman–Crippen MR) is 112 cm³/mol. The highest BCUT2D eigenvalue weighted by atomic mass is 16.3. The predicted octanol–water partition coefficient (Wildman–Crippen LogP) is 4.85. The Bertz CT molecular complexity index is 895. The van der Waals surface area contributed by atoms with Crippen LogP contribution in [0, 0.1) is 0 Å². The molecule has 0 radical (unpaired) electrons. The van der Waals surface area contributed by atoms with Crippen molar-refractivity contribution in [2.75, 3.05) is 20.6 Å². The molecule has 1 aromatic heterocycles. The third kappa shape index (κ3) is 4.98. The second-order valence-electron chi connectivity index (χ2n) is 7.27. The number of hydrogen-bond acceptors (Lipinski definition) is 2. The summed E-state index contributed by atoms with van der Waals surface area (Å²) in [7, 11) is 4.41. The van der Waals surface area contributed by atoms with E-state index in [4.69, 9.17) is 0 Å². The number of benzene rings is 2. The summed E-state index contributed by atoms with van der Waals surface area (Å²) in [5.41, 5.74) is 3.10. The molecule has 0 fully saturated rings. The van der Waals surface area contributed by atoms with Gasteiger partial charge < -0.3 is 9.59 Å². The van der Waals surface area contributed by atoms with Gasteiger partial charge in [0.1, 0.15) is 12.3 Å². The molecule has 0 saturated heterocycles. The standard InChI is InChI=1S/C21H24N2O2.C2H6/c1-16(24)22-14-18(21-19(22)10-7-11-20(21)25)12-13-23(2,3)15-17-8-5-4-6-9-17;1-2/h4-11,14H,12-13,15H2,1-3H3;1-2H3/p+1. The zero-order valence-electron chi connectivity index (χ0n) is 17.1. The fourth-order valence-corrected chi connectivity index (χ4v) is 3.38. The number of carbonyl (C=O) groups excluding carboxylic acids is 1. The van der Waals surface area contributed by atoms with E-state index in [9.17, 15) is 9.90 Å². The number of phenolic OH excluding ortho intramolecular Hbond substituents is 1. The van der Waals surface area contributed by atoms with Crippen molar-refractivity contribution in [1.82, 2.24) is 4.57 Å². The molecule has 3 aromatic rings. The summed E-state index contributed by atoms with van der Waals surface area (Å²) in [5.74, 6) is 0.195. The number of likely N-dealkylation sites (N-methyl/N-ethyl adjacent to an activating group) is 1. The third-order valence-electron chi connectivity index (χ3n) is 4.67. The highest BCUT2D eigenvalue weighted by Crippen LogP contribution is 2.30. The van der Waals surface area contributed by atoms with Gasteiger partial charge in [0, 0.05) is 30.5 Å². The van der Waals surface area contributed by atoms with Gasteiger partial charge in [-0.05, 0) is 17.7 Å². The van der Waals surface area contributed by atoms with E-state index in [1.807, 2.05) is 32.2 Å². The molecule has 1 N–H and O–H groups in total. The molecule has 4 nitrogen and oxygen atoms in total. The second kappa shape index (κ2) is 8.87. The lowest BCUT2D eigenvalue weighted by molar-refractivity contribution is -0.903. The number of nitrogens with zero attached hydrogens (tertiary/aromatic N) is 2. The third-order valence-corrected chi connectivity index (χ3v) is 4.67. The molecule has 4 heteroatoms. The van der Waals surface area contributed by atoms with Gasteiger partial charge in [0.05, 0.1) is 26.2 Å². The van der Waals surface area contributed by atoms with Crippen LogP contribution < -0.4 is 0 Å². The number of rotatable bonds is 5. The van der Waals surface area contributed by atoms with Crippen LogP contribution in [0.15, 0.2) is 54.7 Å². The lowest BCUT2D eigenvalue weighted by Gasteiger charge is -2.30. The fourth-order valence-electron chi connectivity index (χ4n) is 3.38. The molecule has 0 aliphatic rings. The van der Waals surface area contributed by atoms with E-state index in [-0.39, 0.29) is 11.7 Å². The first kappa shape index (κ1) is 20.7. The summed E-state index contributed by atoms with van der Waals surface area (Å²) >= 11 is 0. The highest BCUT2D eigenvalue weighted by Gasteiger charge is 2.19. The van der Waals surface area contributed by atoms with Crippen molar-refractivity contribution < 1.29 is 14.4 Å². The Kier molecular flexibility index (Phi) is 6.81. The molecule has 0 saturated carbocycles.